The summed E-state index contributed by atoms with van der Waals surface area (Å²) in [6.07, 6.45) is 6.37. The van der Waals surface area contributed by atoms with Crippen LogP contribution in [-0.4, -0.2) is 60.9 Å². The molecule has 0 aliphatic heterocycles. The maximum absolute atomic E-state index is 13.3. The Morgan fingerprint density at radius 3 is 2.18 bits per heavy atom. The predicted octanol–water partition coefficient (Wildman–Crippen LogP) is -11.9. The van der Waals surface area contributed by atoms with Gasteiger partial charge in [-0.1, -0.05) is 31.4 Å². The van der Waals surface area contributed by atoms with Crippen LogP contribution in [-0.2, 0) is 14.4 Å². The van der Waals surface area contributed by atoms with Crippen LogP contribution in [0.1, 0.15) is 38.5 Å². The lowest BCUT2D eigenvalue weighted by molar-refractivity contribution is -0.343. The second-order valence-electron chi connectivity index (χ2n) is 9.12. The molecule has 2 atom stereocenters. The maximum Gasteiger partial charge on any atom is 0.247 e. The van der Waals surface area contributed by atoms with E-state index in [9.17, 15) is 14.4 Å². The third-order valence-electron chi connectivity index (χ3n) is 6.51. The largest absolute Gasteiger partial charge is 1.00 e. The molecule has 1 fully saturated rings. The van der Waals surface area contributed by atoms with Crippen molar-refractivity contribution in [3.8, 4) is 0 Å². The number of nitrogens with one attached hydrogen (secondary N) is 3. The summed E-state index contributed by atoms with van der Waals surface area (Å²) in [5.41, 5.74) is 18.8. The molecule has 0 bridgehead atoms. The number of hydrogen-bond acceptors (Lipinski definition) is 6. The van der Waals surface area contributed by atoms with E-state index in [0.29, 0.717) is 31.9 Å². The van der Waals surface area contributed by atoms with Gasteiger partial charge in [0.1, 0.15) is 11.7 Å². The molecule has 0 radical (unpaired) electrons. The fourth-order valence-corrected chi connectivity index (χ4v) is 4.62. The Balaban J connectivity index is 0. The fourth-order valence-electron chi connectivity index (χ4n) is 4.62. The normalized spacial score (nSPS) is 14.2. The summed E-state index contributed by atoms with van der Waals surface area (Å²) in [7, 11) is 0. The van der Waals surface area contributed by atoms with Gasteiger partial charge in [0, 0.05) is 37.6 Å². The Labute approximate surface area is 254 Å². The van der Waals surface area contributed by atoms with Crippen molar-refractivity contribution in [2.75, 3.05) is 31.5 Å². The van der Waals surface area contributed by atoms with Crippen molar-refractivity contribution in [2.24, 2.45) is 23.1 Å². The third-order valence-corrected chi connectivity index (χ3v) is 6.51. The molecule has 1 aliphatic rings. The van der Waals surface area contributed by atoms with Crippen LogP contribution in [0.4, 0.5) is 5.69 Å². The predicted molar refractivity (Wildman–Crippen MR) is 135 cm³/mol. The van der Waals surface area contributed by atoms with E-state index in [4.69, 9.17) is 17.2 Å². The van der Waals surface area contributed by atoms with E-state index in [1.807, 2.05) is 30.3 Å². The number of pyridine rings is 1. The number of carbonyl (C=O) groups is 3. The molecule has 0 spiro atoms. The summed E-state index contributed by atoms with van der Waals surface area (Å²) in [6.45, 7) is 1.28. The third kappa shape index (κ3) is 11.6. The molecule has 1 aliphatic carbocycles. The number of anilines is 1. The van der Waals surface area contributed by atoms with Crippen LogP contribution in [0.15, 0.2) is 36.5 Å². The molecular formula is C25H38Cl4N7O3-3. The summed E-state index contributed by atoms with van der Waals surface area (Å²) < 4.78 is 0. The highest BCUT2D eigenvalue weighted by Crippen LogP contribution is 2.27. The number of para-hydroxylation sites is 1. The summed E-state index contributed by atoms with van der Waals surface area (Å²) in [4.78, 5) is 43.5. The second kappa shape index (κ2) is 20.0. The summed E-state index contributed by atoms with van der Waals surface area (Å²) in [5.74, 6) is -1.09. The first-order chi connectivity index (χ1) is 16.9. The molecule has 3 amide bonds. The molecule has 10 nitrogen and oxygen atoms in total. The number of benzene rings is 1. The number of nitrogens with two attached hydrogens (primary N) is 3. The molecule has 1 aromatic heterocycles. The molecule has 1 aromatic carbocycles. The van der Waals surface area contributed by atoms with E-state index in [1.54, 1.807) is 6.20 Å². The fraction of sp³-hybridized carbons (Fsp3) is 0.520. The lowest BCUT2D eigenvalue weighted by Gasteiger charge is -2.31. The van der Waals surface area contributed by atoms with Gasteiger partial charge in [0.25, 0.3) is 0 Å². The van der Waals surface area contributed by atoms with Crippen molar-refractivity contribution in [3.63, 3.8) is 0 Å². The SMILES string of the molecule is NCCN(CCN)C(=O)C[C@H](N)C(=O)N[C@H](C(=O)Nc1c[nH+]c2ccccc2c1)C1CCCCC1.[Cl-].[Cl-].[Cl-].[Cl-]. The van der Waals surface area contributed by atoms with Crippen LogP contribution in [0.25, 0.3) is 10.9 Å². The van der Waals surface area contributed by atoms with Gasteiger partial charge in [-0.2, -0.15) is 0 Å². The van der Waals surface area contributed by atoms with Gasteiger partial charge in [0.2, 0.25) is 23.2 Å². The zero-order valence-electron chi connectivity index (χ0n) is 21.7. The van der Waals surface area contributed by atoms with Gasteiger partial charge in [-0.25, -0.2) is 4.98 Å². The van der Waals surface area contributed by atoms with E-state index in [1.165, 1.54) is 4.90 Å². The minimum absolute atomic E-state index is 0. The number of fused-ring (bicyclic) bond motifs is 1. The maximum atomic E-state index is 13.3. The van der Waals surface area contributed by atoms with Crippen LogP contribution < -0.4 is 82.4 Å². The van der Waals surface area contributed by atoms with Crippen molar-refractivity contribution in [1.82, 2.24) is 10.2 Å². The van der Waals surface area contributed by atoms with Crippen LogP contribution in [0.2, 0.25) is 0 Å². The smallest absolute Gasteiger partial charge is 0.247 e. The molecule has 0 unspecified atom stereocenters. The van der Waals surface area contributed by atoms with Crippen LogP contribution >= 0.6 is 0 Å². The zero-order chi connectivity index (χ0) is 25.2. The number of nitrogens with zero attached hydrogens (tertiary/aromatic N) is 1. The van der Waals surface area contributed by atoms with Crippen LogP contribution in [0.5, 0.6) is 0 Å². The Bertz CT molecular complexity index is 1020. The summed E-state index contributed by atoms with van der Waals surface area (Å²) >= 11 is 0. The number of aromatic amines is 1. The Hall–Kier alpha value is -1.92. The molecule has 3 rings (SSSR count). The van der Waals surface area contributed by atoms with E-state index >= 15 is 0 Å². The number of H-pyrrole nitrogens is 1. The lowest BCUT2D eigenvalue weighted by atomic mass is 9.83. The minimum atomic E-state index is -1.08. The Morgan fingerprint density at radius 1 is 0.949 bits per heavy atom. The molecule has 9 N–H and O–H groups in total. The molecule has 0 saturated heterocycles. The molecule has 222 valence electrons. The number of amides is 3. The van der Waals surface area contributed by atoms with Crippen molar-refractivity contribution in [2.45, 2.75) is 50.6 Å². The van der Waals surface area contributed by atoms with Gasteiger partial charge in [0.05, 0.1) is 12.5 Å². The quantitative estimate of drug-likeness (QED) is 0.166. The number of carbonyl (C=O) groups excluding carboxylic acids is 3. The van der Waals surface area contributed by atoms with E-state index in [2.05, 4.69) is 15.6 Å². The topological polar surface area (TPSA) is 171 Å². The average molecular weight is 626 g/mol. The molecule has 39 heavy (non-hydrogen) atoms. The molecule has 1 saturated carbocycles. The monoisotopic (exact) mass is 624 g/mol. The molecular weight excluding hydrogens is 588 g/mol. The average Bonchev–Trinajstić information content (AvgIpc) is 2.87. The van der Waals surface area contributed by atoms with Crippen molar-refractivity contribution in [3.05, 3.63) is 36.5 Å². The first kappa shape index (κ1) is 39.2. The van der Waals surface area contributed by atoms with Gasteiger partial charge in [-0.3, -0.25) is 14.4 Å². The van der Waals surface area contributed by atoms with Crippen molar-refractivity contribution >= 4 is 34.3 Å². The number of rotatable bonds is 11. The Morgan fingerprint density at radius 2 is 1.56 bits per heavy atom. The van der Waals surface area contributed by atoms with Gasteiger partial charge in [0.15, 0.2) is 6.20 Å². The van der Waals surface area contributed by atoms with E-state index in [-0.39, 0.29) is 73.8 Å². The minimum Gasteiger partial charge on any atom is -1.00 e. The first-order valence-corrected chi connectivity index (χ1v) is 12.4. The van der Waals surface area contributed by atoms with Crippen molar-refractivity contribution in [1.29, 1.82) is 0 Å². The van der Waals surface area contributed by atoms with Gasteiger partial charge in [-0.15, -0.1) is 0 Å². The van der Waals surface area contributed by atoms with E-state index in [0.717, 1.165) is 43.0 Å². The van der Waals surface area contributed by atoms with Crippen LogP contribution in [0, 0.1) is 5.92 Å². The van der Waals surface area contributed by atoms with Crippen LogP contribution in [0.3, 0.4) is 0 Å². The van der Waals surface area contributed by atoms with Crippen molar-refractivity contribution < 1.29 is 69.0 Å². The number of halogens is 4. The standard InChI is InChI=1S/C25H37N7O3.4ClH/c26-10-12-32(13-11-27)22(33)15-20(28)24(34)31-23(17-6-2-1-3-7-17)25(35)30-19-14-18-8-4-5-9-21(18)29-16-19;;;;/h4-5,8-9,14,16-17,20,23H,1-3,6-7,10-13,15,26-28H2,(H,30,35)(H,31,34);4*1H/p-3/t20-,23-;;;;/m0..../s1. The Kier molecular flexibility index (Phi) is 20.1. The van der Waals surface area contributed by atoms with Gasteiger partial charge in [-0.05, 0) is 30.9 Å². The summed E-state index contributed by atoms with van der Waals surface area (Å²) in [5, 5.41) is 6.75. The second-order valence-corrected chi connectivity index (χ2v) is 9.12. The van der Waals surface area contributed by atoms with Gasteiger partial charge < -0.3 is 82.4 Å². The highest BCUT2D eigenvalue weighted by molar-refractivity contribution is 5.99. The highest BCUT2D eigenvalue weighted by Gasteiger charge is 2.33. The molecule has 14 heteroatoms. The molecule has 2 aromatic rings. The van der Waals surface area contributed by atoms with Gasteiger partial charge >= 0.3 is 0 Å². The zero-order valence-corrected chi connectivity index (χ0v) is 24.7. The number of hydrogen-bond donors (Lipinski definition) is 5. The highest BCUT2D eigenvalue weighted by atomic mass is 35.5. The summed E-state index contributed by atoms with van der Waals surface area (Å²) in [6, 6.07) is 7.85. The lowest BCUT2D eigenvalue weighted by Crippen LogP contribution is -3.00. The number of aromatic nitrogens is 1. The molecule has 1 heterocycles. The van der Waals surface area contributed by atoms with E-state index < -0.39 is 18.0 Å². The first-order valence-electron chi connectivity index (χ1n) is 12.4.